The average molecular weight is 462 g/mol. The average Bonchev–Trinajstić information content (AvgIpc) is 3.16. The highest BCUT2D eigenvalue weighted by Gasteiger charge is 2.28. The summed E-state index contributed by atoms with van der Waals surface area (Å²) in [6, 6.07) is 29.2. The maximum Gasteiger partial charge on any atom is 0.213 e. The Labute approximate surface area is 193 Å². The molecule has 166 valence electrons. The van der Waals surface area contributed by atoms with Gasteiger partial charge in [0.15, 0.2) is 6.21 Å². The molecule has 5 rings (SSSR count). The first kappa shape index (κ1) is 22.7. The summed E-state index contributed by atoms with van der Waals surface area (Å²) in [6.45, 7) is 0. The molecule has 2 aliphatic heterocycles. The fraction of sp³-hybridized carbons (Fsp3) is 0.0385. The van der Waals surface area contributed by atoms with Gasteiger partial charge >= 0.3 is 0 Å². The number of halogens is 1. The van der Waals surface area contributed by atoms with Crippen molar-refractivity contribution in [3.63, 3.8) is 0 Å². The van der Waals surface area contributed by atoms with Gasteiger partial charge in [0.2, 0.25) is 5.69 Å². The van der Waals surface area contributed by atoms with Crippen LogP contribution in [0.5, 0.6) is 0 Å². The van der Waals surface area contributed by atoms with Crippen molar-refractivity contribution in [3.8, 4) is 0 Å². The van der Waals surface area contributed by atoms with Crippen LogP contribution in [0.2, 0.25) is 0 Å². The van der Waals surface area contributed by atoms with E-state index in [2.05, 4.69) is 90.7 Å². The van der Waals surface area contributed by atoms with E-state index in [0.717, 1.165) is 28.2 Å². The Morgan fingerprint density at radius 2 is 1.24 bits per heavy atom. The minimum Gasteiger partial charge on any atom is -0.456 e. The summed E-state index contributed by atoms with van der Waals surface area (Å²) in [5.74, 6) is 1.74. The molecular weight excluding hydrogens is 442 g/mol. The Morgan fingerprint density at radius 3 is 1.88 bits per heavy atom. The van der Waals surface area contributed by atoms with E-state index in [4.69, 9.17) is 23.4 Å². The minimum absolute atomic E-state index is 0.866. The number of para-hydroxylation sites is 1. The maximum atomic E-state index is 8.49. The van der Waals surface area contributed by atoms with Gasteiger partial charge in [0, 0.05) is 11.6 Å². The molecule has 3 aromatic rings. The lowest BCUT2D eigenvalue weighted by molar-refractivity contribution is -2.00. The van der Waals surface area contributed by atoms with Crippen LogP contribution in [0.15, 0.2) is 103 Å². The Kier molecular flexibility index (Phi) is 6.55. The van der Waals surface area contributed by atoms with Crippen LogP contribution in [-0.4, -0.2) is 17.8 Å². The van der Waals surface area contributed by atoms with Crippen LogP contribution in [0.25, 0.3) is 16.9 Å². The van der Waals surface area contributed by atoms with Gasteiger partial charge in [-0.2, -0.15) is 0 Å². The molecule has 0 fully saturated rings. The molecule has 0 bridgehead atoms. The molecule has 6 nitrogen and oxygen atoms in total. The molecular formula is C26H20ClNO5. The van der Waals surface area contributed by atoms with Crippen LogP contribution in [0.1, 0.15) is 16.7 Å². The van der Waals surface area contributed by atoms with Crippen molar-refractivity contribution in [3.05, 3.63) is 120 Å². The van der Waals surface area contributed by atoms with Crippen molar-refractivity contribution in [2.45, 2.75) is 0 Å². The van der Waals surface area contributed by atoms with Crippen molar-refractivity contribution in [2.75, 3.05) is 7.05 Å². The summed E-state index contributed by atoms with van der Waals surface area (Å²) in [7, 11) is -2.87. The number of hydrogen-bond acceptors (Lipinski definition) is 5. The number of benzene rings is 3. The number of ether oxygens (including phenoxy) is 1. The zero-order chi connectivity index (χ0) is 23.4. The Hall–Kier alpha value is -3.52. The van der Waals surface area contributed by atoms with Gasteiger partial charge in [0.05, 0.1) is 11.1 Å². The molecule has 2 heterocycles. The second-order valence-corrected chi connectivity index (χ2v) is 8.11. The van der Waals surface area contributed by atoms with Gasteiger partial charge in [-0.15, -0.1) is 10.2 Å². The van der Waals surface area contributed by atoms with Crippen molar-refractivity contribution < 1.29 is 38.2 Å². The molecule has 0 spiro atoms. The van der Waals surface area contributed by atoms with Crippen molar-refractivity contribution in [1.29, 1.82) is 0 Å². The first-order chi connectivity index (χ1) is 15.8. The fourth-order valence-corrected chi connectivity index (χ4v) is 3.71. The second-order valence-electron chi connectivity index (χ2n) is 7.36. The van der Waals surface area contributed by atoms with Gasteiger partial charge < -0.3 is 4.74 Å². The van der Waals surface area contributed by atoms with Gasteiger partial charge in [-0.1, -0.05) is 72.8 Å². The molecule has 2 aliphatic rings. The highest BCUT2D eigenvalue weighted by molar-refractivity contribution is 6.14. The number of nitrogens with zero attached hydrogens (tertiary/aromatic N) is 1. The van der Waals surface area contributed by atoms with E-state index in [9.17, 15) is 0 Å². The molecule has 0 saturated carbocycles. The topological polar surface area (TPSA) is 104 Å². The van der Waals surface area contributed by atoms with Crippen molar-refractivity contribution in [1.82, 2.24) is 0 Å². The molecule has 7 heteroatoms. The fourth-order valence-electron chi connectivity index (χ4n) is 3.71. The Morgan fingerprint density at radius 1 is 0.697 bits per heavy atom. The summed E-state index contributed by atoms with van der Waals surface area (Å²) in [6.07, 6.45) is 6.41. The van der Waals surface area contributed by atoms with E-state index in [1.165, 1.54) is 16.8 Å². The SMILES string of the molecule is C[N+]1=C/C(=C2/C=C(c3ccccc3)C=C(c3ccccc3)O2)c2ccccc21.[O-][Cl+3]([O-])([O-])[O-]. The lowest BCUT2D eigenvalue weighted by Crippen LogP contribution is -2.68. The zero-order valence-electron chi connectivity index (χ0n) is 17.7. The molecule has 3 aromatic carbocycles. The molecule has 0 unspecified atom stereocenters. The van der Waals surface area contributed by atoms with E-state index in [1.807, 2.05) is 24.3 Å². The quantitative estimate of drug-likeness (QED) is 0.532. The molecule has 0 aliphatic carbocycles. The number of hydrogen-bond donors (Lipinski definition) is 0. The normalized spacial score (nSPS) is 17.1. The summed E-state index contributed by atoms with van der Waals surface area (Å²) >= 11 is 0. The molecule has 0 radical (unpaired) electrons. The second kappa shape index (κ2) is 9.54. The predicted molar refractivity (Wildman–Crippen MR) is 115 cm³/mol. The lowest BCUT2D eigenvalue weighted by atomic mass is 9.98. The monoisotopic (exact) mass is 461 g/mol. The molecule has 0 saturated heterocycles. The number of rotatable bonds is 2. The molecule has 33 heavy (non-hydrogen) atoms. The molecule has 0 N–H and O–H groups in total. The largest absolute Gasteiger partial charge is 0.456 e. The number of fused-ring (bicyclic) bond motifs is 1. The zero-order valence-corrected chi connectivity index (χ0v) is 18.4. The Bertz CT molecular complexity index is 1270. The molecule has 0 aromatic heterocycles. The Balaban J connectivity index is 0.000000471. The highest BCUT2D eigenvalue weighted by atomic mass is 35.7. The van der Waals surface area contributed by atoms with Gasteiger partial charge in [-0.3, -0.25) is 0 Å². The third kappa shape index (κ3) is 5.64. The van der Waals surface area contributed by atoms with Crippen molar-refractivity contribution in [2.24, 2.45) is 0 Å². The van der Waals surface area contributed by atoms with Crippen LogP contribution >= 0.6 is 0 Å². The van der Waals surface area contributed by atoms with Gasteiger partial charge in [-0.25, -0.2) is 23.2 Å². The van der Waals surface area contributed by atoms with E-state index < -0.39 is 10.2 Å². The van der Waals surface area contributed by atoms with E-state index in [0.29, 0.717) is 0 Å². The predicted octanol–water partition coefficient (Wildman–Crippen LogP) is 1.15. The van der Waals surface area contributed by atoms with Gasteiger partial charge in [0.1, 0.15) is 18.6 Å². The van der Waals surface area contributed by atoms with Crippen LogP contribution < -0.4 is 18.6 Å². The smallest absolute Gasteiger partial charge is 0.213 e. The summed E-state index contributed by atoms with van der Waals surface area (Å²) in [4.78, 5) is 0. The highest BCUT2D eigenvalue weighted by Crippen LogP contribution is 2.38. The number of allylic oxidation sites excluding steroid dienone is 4. The van der Waals surface area contributed by atoms with Crippen LogP contribution in [0.4, 0.5) is 5.69 Å². The standard InChI is InChI=1S/C26H20NO.ClHO4/c1-27-18-23(22-14-8-9-15-24(22)27)26-17-21(19-10-4-2-5-11-19)16-25(28-26)20-12-6-3-7-13-20;2-1(3,4)5/h2-18H,1H3;(H,2,3,4,5)/q+1;/p-1/b26-23+;. The first-order valence-corrected chi connectivity index (χ1v) is 11.3. The molecule has 0 atom stereocenters. The summed E-state index contributed by atoms with van der Waals surface area (Å²) < 4.78 is 42.5. The third-order valence-electron chi connectivity index (χ3n) is 5.12. The van der Waals surface area contributed by atoms with E-state index in [-0.39, 0.29) is 0 Å². The minimum atomic E-state index is -4.94. The van der Waals surface area contributed by atoms with Crippen molar-refractivity contribution >= 4 is 28.8 Å². The summed E-state index contributed by atoms with van der Waals surface area (Å²) in [5.41, 5.74) is 6.89. The van der Waals surface area contributed by atoms with Gasteiger partial charge in [-0.05, 0) is 29.4 Å². The third-order valence-corrected chi connectivity index (χ3v) is 5.12. The van der Waals surface area contributed by atoms with E-state index >= 15 is 0 Å². The lowest BCUT2D eigenvalue weighted by Gasteiger charge is -2.19. The summed E-state index contributed by atoms with van der Waals surface area (Å²) in [5, 5.41) is 0. The first-order valence-electron chi connectivity index (χ1n) is 10.0. The van der Waals surface area contributed by atoms with Crippen LogP contribution in [-0.2, 0) is 4.74 Å². The van der Waals surface area contributed by atoms with Gasteiger partial charge in [0.25, 0.3) is 0 Å². The van der Waals surface area contributed by atoms with Crippen LogP contribution in [0, 0.1) is 10.2 Å². The maximum absolute atomic E-state index is 8.49. The van der Waals surface area contributed by atoms with Crippen LogP contribution in [0.3, 0.4) is 0 Å². The molecule has 0 amide bonds. The van der Waals surface area contributed by atoms with E-state index in [1.54, 1.807) is 0 Å².